The van der Waals surface area contributed by atoms with Crippen molar-refractivity contribution in [3.63, 3.8) is 0 Å². The normalized spacial score (nSPS) is 29.2. The molecule has 0 aromatic rings. The summed E-state index contributed by atoms with van der Waals surface area (Å²) in [6.07, 6.45) is 19.0. The van der Waals surface area contributed by atoms with Gasteiger partial charge in [-0.1, -0.05) is 112 Å². The maximum Gasteiger partial charge on any atom is 0.192 e. The lowest BCUT2D eigenvalue weighted by Crippen LogP contribution is -2.46. The number of hydrogen-bond donors (Lipinski definition) is 2. The summed E-state index contributed by atoms with van der Waals surface area (Å²) in [7, 11) is -6.64. The van der Waals surface area contributed by atoms with Crippen molar-refractivity contribution in [2.75, 3.05) is 6.61 Å². The summed E-state index contributed by atoms with van der Waals surface area (Å²) >= 11 is 0. The second-order valence-corrected chi connectivity index (χ2v) is 36.2. The molecule has 308 valence electrons. The highest BCUT2D eigenvalue weighted by molar-refractivity contribution is 6.74. The Morgan fingerprint density at radius 2 is 1.47 bits per heavy atom. The number of ether oxygens (including phenoxy) is 1. The third-order valence-corrected chi connectivity index (χ3v) is 28.2. The minimum atomic E-state index is -2.37. The summed E-state index contributed by atoms with van der Waals surface area (Å²) in [5, 5.41) is 0.0217. The van der Waals surface area contributed by atoms with E-state index in [9.17, 15) is 9.59 Å². The Hall–Kier alpha value is -0.289. The van der Waals surface area contributed by atoms with Crippen LogP contribution in [0, 0.1) is 28.6 Å². The molecule has 3 aliphatic rings. The SMILES string of the molecule is C=C1[C@H](CC(C)(C)[Si](C)(C)O)C/C(=C\C=C2/CCCC3(C)C2CCC3[C@@H](C)OCCC(CC)(CC)CC(C)(C)[Si](C)(C)O)C[C@H]1O[Si](C)(C)C(C)(C)C. The van der Waals surface area contributed by atoms with E-state index in [0.717, 1.165) is 51.6 Å². The third-order valence-electron chi connectivity index (χ3n) is 16.7. The lowest BCUT2D eigenvalue weighted by molar-refractivity contribution is -0.0373. The molecule has 0 bridgehead atoms. The largest absolute Gasteiger partial charge is 0.432 e. The predicted molar refractivity (Wildman–Crippen MR) is 238 cm³/mol. The second-order valence-electron chi connectivity index (χ2n) is 22.5. The van der Waals surface area contributed by atoms with Crippen LogP contribution in [0.25, 0.3) is 0 Å². The summed E-state index contributed by atoms with van der Waals surface area (Å²) < 4.78 is 14.0. The monoisotopic (exact) mass is 789 g/mol. The van der Waals surface area contributed by atoms with E-state index < -0.39 is 25.0 Å². The zero-order chi connectivity index (χ0) is 40.6. The van der Waals surface area contributed by atoms with Gasteiger partial charge in [0.15, 0.2) is 25.0 Å². The molecule has 3 fully saturated rings. The Bertz CT molecular complexity index is 1260. The first-order valence-electron chi connectivity index (χ1n) is 21.8. The Kier molecular flexibility index (Phi) is 15.0. The molecule has 0 spiro atoms. The molecule has 3 aliphatic carbocycles. The second kappa shape index (κ2) is 16.9. The maximum absolute atomic E-state index is 11.3. The Balaban J connectivity index is 1.81. The van der Waals surface area contributed by atoms with Crippen LogP contribution < -0.4 is 0 Å². The molecule has 0 heterocycles. The standard InChI is InChI=1S/C46H88O4Si3/c1-19-46(20-2,33-44(10,11)52(15,16)48)28-29-49-35(4)39-25-26-40-37(22-21-27-45(39,40)12)24-23-36-30-38(32-43(8,9)51(13,14)47)34(3)41(31-36)50-53(17,18)42(5,6)7/h23-24,35,38-41,47-48H,3,19-22,25-33H2,1-2,4-18H3/b36-23+,37-24+/t35-,38+,39?,40?,41-,45?/m1/s1. The van der Waals surface area contributed by atoms with Crippen LogP contribution in [0.3, 0.4) is 0 Å². The summed E-state index contributed by atoms with van der Waals surface area (Å²) in [5.74, 6) is 1.53. The van der Waals surface area contributed by atoms with E-state index in [4.69, 9.17) is 15.7 Å². The molecule has 7 heteroatoms. The van der Waals surface area contributed by atoms with Gasteiger partial charge in [0.25, 0.3) is 0 Å². The van der Waals surface area contributed by atoms with Gasteiger partial charge in [-0.25, -0.2) is 0 Å². The van der Waals surface area contributed by atoms with Gasteiger partial charge < -0.3 is 18.8 Å². The van der Waals surface area contributed by atoms with Crippen LogP contribution in [0.2, 0.25) is 54.4 Å². The fourth-order valence-corrected chi connectivity index (χ4v) is 12.8. The highest BCUT2D eigenvalue weighted by Crippen LogP contribution is 2.59. The van der Waals surface area contributed by atoms with E-state index >= 15 is 0 Å². The average Bonchev–Trinajstić information content (AvgIpc) is 3.37. The van der Waals surface area contributed by atoms with E-state index in [1.54, 1.807) is 5.57 Å². The summed E-state index contributed by atoms with van der Waals surface area (Å²) in [6, 6.07) is 0. The lowest BCUT2D eigenvalue weighted by Gasteiger charge is -2.46. The minimum Gasteiger partial charge on any atom is -0.432 e. The molecule has 3 unspecified atom stereocenters. The van der Waals surface area contributed by atoms with Gasteiger partial charge in [0, 0.05) is 6.61 Å². The first-order chi connectivity index (χ1) is 24.0. The molecule has 0 amide bonds. The van der Waals surface area contributed by atoms with Gasteiger partial charge in [0.1, 0.15) is 0 Å². The Morgan fingerprint density at radius 3 is 2.00 bits per heavy atom. The molecule has 6 atom stereocenters. The molecule has 0 aromatic heterocycles. The first kappa shape index (κ1) is 47.1. The van der Waals surface area contributed by atoms with Crippen molar-refractivity contribution in [3.8, 4) is 0 Å². The van der Waals surface area contributed by atoms with E-state index in [1.165, 1.54) is 43.3 Å². The van der Waals surface area contributed by atoms with Gasteiger partial charge in [-0.15, -0.1) is 0 Å². The minimum absolute atomic E-state index is 0.0173. The molecular formula is C46H88O4Si3. The molecule has 0 aliphatic heterocycles. The van der Waals surface area contributed by atoms with Crippen molar-refractivity contribution < 1.29 is 18.8 Å². The Morgan fingerprint density at radius 1 is 0.887 bits per heavy atom. The lowest BCUT2D eigenvalue weighted by atomic mass is 9.62. The summed E-state index contributed by atoms with van der Waals surface area (Å²) in [5.41, 5.74) is 4.90. The number of allylic oxidation sites excluding steroid dienone is 3. The molecule has 3 rings (SSSR count). The van der Waals surface area contributed by atoms with Gasteiger partial charge in [-0.3, -0.25) is 0 Å². The summed E-state index contributed by atoms with van der Waals surface area (Å²) in [6.45, 7) is 44.4. The van der Waals surface area contributed by atoms with Crippen LogP contribution >= 0.6 is 0 Å². The van der Waals surface area contributed by atoms with Crippen LogP contribution in [0.5, 0.6) is 0 Å². The highest BCUT2D eigenvalue weighted by Gasteiger charge is 2.52. The van der Waals surface area contributed by atoms with Gasteiger partial charge in [0.05, 0.1) is 12.2 Å². The van der Waals surface area contributed by atoms with E-state index in [-0.39, 0.29) is 38.2 Å². The van der Waals surface area contributed by atoms with Crippen molar-refractivity contribution in [3.05, 3.63) is 35.5 Å². The van der Waals surface area contributed by atoms with E-state index in [1.807, 2.05) is 0 Å². The van der Waals surface area contributed by atoms with Crippen LogP contribution in [-0.2, 0) is 9.16 Å². The van der Waals surface area contributed by atoms with Crippen molar-refractivity contribution in [2.24, 2.45) is 28.6 Å². The van der Waals surface area contributed by atoms with Gasteiger partial charge in [-0.05, 0) is 160 Å². The van der Waals surface area contributed by atoms with Crippen LogP contribution in [0.1, 0.15) is 153 Å². The molecular weight excluding hydrogens is 701 g/mol. The Labute approximate surface area is 332 Å². The maximum atomic E-state index is 11.3. The highest BCUT2D eigenvalue weighted by atomic mass is 28.4. The van der Waals surface area contributed by atoms with Crippen LogP contribution in [0.4, 0.5) is 0 Å². The number of fused-ring (bicyclic) bond motifs is 1. The molecule has 4 nitrogen and oxygen atoms in total. The molecule has 0 saturated heterocycles. The van der Waals surface area contributed by atoms with Crippen LogP contribution in [-0.4, -0.2) is 53.4 Å². The molecule has 0 aromatic carbocycles. The van der Waals surface area contributed by atoms with Crippen molar-refractivity contribution in [1.29, 1.82) is 0 Å². The smallest absolute Gasteiger partial charge is 0.192 e. The van der Waals surface area contributed by atoms with E-state index in [0.29, 0.717) is 17.8 Å². The van der Waals surface area contributed by atoms with Crippen molar-refractivity contribution in [1.82, 2.24) is 0 Å². The third kappa shape index (κ3) is 10.8. The number of rotatable bonds is 16. The fourth-order valence-electron chi connectivity index (χ4n) is 9.97. The first-order valence-corrected chi connectivity index (χ1v) is 30.6. The molecule has 53 heavy (non-hydrogen) atoms. The van der Waals surface area contributed by atoms with Gasteiger partial charge in [0.2, 0.25) is 0 Å². The zero-order valence-electron chi connectivity index (χ0n) is 38.2. The average molecular weight is 789 g/mol. The van der Waals surface area contributed by atoms with E-state index in [2.05, 4.69) is 128 Å². The van der Waals surface area contributed by atoms with Crippen LogP contribution in [0.15, 0.2) is 35.5 Å². The van der Waals surface area contributed by atoms with Gasteiger partial charge in [-0.2, -0.15) is 0 Å². The summed E-state index contributed by atoms with van der Waals surface area (Å²) in [4.78, 5) is 22.3. The quantitative estimate of drug-likeness (QED) is 0.121. The zero-order valence-corrected chi connectivity index (χ0v) is 41.2. The van der Waals surface area contributed by atoms with Crippen molar-refractivity contribution in [2.45, 2.75) is 220 Å². The topological polar surface area (TPSA) is 58.9 Å². The van der Waals surface area contributed by atoms with Crippen molar-refractivity contribution >= 4 is 25.0 Å². The fraction of sp³-hybridized carbons (Fsp3) is 0.870. The number of hydrogen-bond acceptors (Lipinski definition) is 4. The molecule has 3 saturated carbocycles. The molecule has 2 N–H and O–H groups in total. The predicted octanol–water partition coefficient (Wildman–Crippen LogP) is 13.7. The van der Waals surface area contributed by atoms with Gasteiger partial charge >= 0.3 is 0 Å². The molecule has 0 radical (unpaired) electrons.